The van der Waals surface area contributed by atoms with Gasteiger partial charge in [0.15, 0.2) is 18.1 Å². The molecular weight excluding hydrogens is 384 g/mol. The normalized spacial score (nSPS) is 10.6. The fraction of sp³-hybridized carbons (Fsp3) is 0.300. The molecule has 0 amide bonds. The van der Waals surface area contributed by atoms with E-state index in [0.717, 1.165) is 11.3 Å². The van der Waals surface area contributed by atoms with Gasteiger partial charge in [-0.25, -0.2) is 4.79 Å². The predicted molar refractivity (Wildman–Crippen MR) is 108 cm³/mol. The lowest BCUT2D eigenvalue weighted by atomic mass is 10.2. The van der Waals surface area contributed by atoms with E-state index in [1.807, 2.05) is 24.3 Å². The molecule has 8 heteroatoms. The first kappa shape index (κ1) is 21.4. The highest BCUT2D eigenvalue weighted by molar-refractivity contribution is 6.32. The van der Waals surface area contributed by atoms with Crippen molar-refractivity contribution in [1.82, 2.24) is 5.43 Å². The third-order valence-corrected chi connectivity index (χ3v) is 3.94. The number of methoxy groups -OCH3 is 2. The molecule has 2 aromatic rings. The number of nitrogens with one attached hydrogen (secondary N) is 1. The molecule has 0 heterocycles. The minimum Gasteiger partial charge on any atom is -0.496 e. The van der Waals surface area contributed by atoms with Crippen LogP contribution in [0, 0.1) is 0 Å². The van der Waals surface area contributed by atoms with Gasteiger partial charge in [0.2, 0.25) is 0 Å². The average Bonchev–Trinajstić information content (AvgIpc) is 2.70. The molecule has 0 atom stereocenters. The second kappa shape index (κ2) is 11.0. The summed E-state index contributed by atoms with van der Waals surface area (Å²) in [4.78, 5) is 11.5. The monoisotopic (exact) mass is 406 g/mol. The summed E-state index contributed by atoms with van der Waals surface area (Å²) in [6.07, 6.45) is 1.61. The van der Waals surface area contributed by atoms with Crippen LogP contribution in [0.2, 0.25) is 5.02 Å². The molecule has 7 nitrogen and oxygen atoms in total. The lowest BCUT2D eigenvalue weighted by Gasteiger charge is -2.12. The van der Waals surface area contributed by atoms with Crippen LogP contribution in [-0.2, 0) is 16.1 Å². The zero-order valence-electron chi connectivity index (χ0n) is 16.0. The standard InChI is InChI=1S/C20H23ClN2O5/c1-4-27-19(24)13-28-20-16(21)9-14(10-18(20)26-3)11-22-23-12-15-7-5-6-8-17(15)25-2/h5-11,23H,4,12-13H2,1-3H3/b22-11-. The number of para-hydroxylation sites is 1. The van der Waals surface area contributed by atoms with Gasteiger partial charge in [-0.05, 0) is 30.7 Å². The Bertz CT molecular complexity index is 826. The number of hydrogen-bond donors (Lipinski definition) is 1. The molecule has 0 radical (unpaired) electrons. The molecule has 0 aliphatic rings. The molecule has 0 saturated heterocycles. The summed E-state index contributed by atoms with van der Waals surface area (Å²) in [6.45, 7) is 2.26. The molecule has 0 unspecified atom stereocenters. The van der Waals surface area contributed by atoms with Gasteiger partial charge in [0.1, 0.15) is 5.75 Å². The van der Waals surface area contributed by atoms with Crippen molar-refractivity contribution >= 4 is 23.8 Å². The Hall–Kier alpha value is -2.93. The first-order valence-electron chi connectivity index (χ1n) is 8.62. The second-order valence-corrected chi connectivity index (χ2v) is 5.94. The van der Waals surface area contributed by atoms with Gasteiger partial charge in [0, 0.05) is 5.56 Å². The molecule has 0 aliphatic heterocycles. The van der Waals surface area contributed by atoms with E-state index in [4.69, 9.17) is 30.5 Å². The average molecular weight is 407 g/mol. The minimum absolute atomic E-state index is 0.252. The topological polar surface area (TPSA) is 78.4 Å². The maximum Gasteiger partial charge on any atom is 0.344 e. The number of benzene rings is 2. The summed E-state index contributed by atoms with van der Waals surface area (Å²) >= 11 is 6.27. The van der Waals surface area contributed by atoms with Crippen molar-refractivity contribution in [2.45, 2.75) is 13.5 Å². The predicted octanol–water partition coefficient (Wildman–Crippen LogP) is 3.42. The second-order valence-electron chi connectivity index (χ2n) is 5.53. The van der Waals surface area contributed by atoms with Crippen LogP contribution >= 0.6 is 11.6 Å². The van der Waals surface area contributed by atoms with E-state index in [9.17, 15) is 4.79 Å². The summed E-state index contributed by atoms with van der Waals surface area (Å²) in [5.74, 6) is 0.976. The van der Waals surface area contributed by atoms with Gasteiger partial charge in [-0.3, -0.25) is 0 Å². The number of rotatable bonds is 10. The number of hydrazone groups is 1. The molecule has 0 aromatic heterocycles. The molecule has 2 aromatic carbocycles. The molecule has 2 rings (SSSR count). The van der Waals surface area contributed by atoms with Crippen LogP contribution in [0.25, 0.3) is 0 Å². The summed E-state index contributed by atoms with van der Waals surface area (Å²) in [5.41, 5.74) is 4.66. The number of hydrogen-bond acceptors (Lipinski definition) is 7. The third-order valence-electron chi connectivity index (χ3n) is 3.66. The molecule has 0 saturated carbocycles. The Kier molecular flexibility index (Phi) is 8.42. The van der Waals surface area contributed by atoms with Gasteiger partial charge in [0.25, 0.3) is 0 Å². The molecule has 0 bridgehead atoms. The maximum atomic E-state index is 11.5. The number of esters is 1. The third kappa shape index (κ3) is 6.06. The molecule has 28 heavy (non-hydrogen) atoms. The van der Waals surface area contributed by atoms with Crippen molar-refractivity contribution in [1.29, 1.82) is 0 Å². The zero-order valence-corrected chi connectivity index (χ0v) is 16.8. The Morgan fingerprint density at radius 3 is 2.64 bits per heavy atom. The van der Waals surface area contributed by atoms with E-state index in [-0.39, 0.29) is 19.0 Å². The summed E-state index contributed by atoms with van der Waals surface area (Å²) < 4.78 is 20.9. The highest BCUT2D eigenvalue weighted by Crippen LogP contribution is 2.36. The van der Waals surface area contributed by atoms with E-state index >= 15 is 0 Å². The van der Waals surface area contributed by atoms with Gasteiger partial charge < -0.3 is 24.4 Å². The summed E-state index contributed by atoms with van der Waals surface area (Å²) in [6, 6.07) is 11.1. The van der Waals surface area contributed by atoms with Crippen molar-refractivity contribution < 1.29 is 23.7 Å². The Balaban J connectivity index is 2.02. The van der Waals surface area contributed by atoms with Crippen LogP contribution in [-0.4, -0.2) is 39.6 Å². The Labute approximate surface area is 169 Å². The first-order valence-corrected chi connectivity index (χ1v) is 9.00. The molecular formula is C20H23ClN2O5. The lowest BCUT2D eigenvalue weighted by Crippen LogP contribution is -2.15. The number of halogens is 1. The number of ether oxygens (including phenoxy) is 4. The van der Waals surface area contributed by atoms with Gasteiger partial charge >= 0.3 is 5.97 Å². The number of carbonyl (C=O) groups excluding carboxylic acids is 1. The van der Waals surface area contributed by atoms with Crippen LogP contribution in [0.3, 0.4) is 0 Å². The van der Waals surface area contributed by atoms with Crippen LogP contribution in [0.5, 0.6) is 17.2 Å². The van der Waals surface area contributed by atoms with Gasteiger partial charge in [0.05, 0.1) is 38.6 Å². The van der Waals surface area contributed by atoms with Crippen LogP contribution in [0.4, 0.5) is 0 Å². The van der Waals surface area contributed by atoms with E-state index in [0.29, 0.717) is 22.9 Å². The highest BCUT2D eigenvalue weighted by atomic mass is 35.5. The lowest BCUT2D eigenvalue weighted by molar-refractivity contribution is -0.145. The van der Waals surface area contributed by atoms with Gasteiger partial charge in [-0.2, -0.15) is 5.10 Å². The van der Waals surface area contributed by atoms with Crippen LogP contribution in [0.1, 0.15) is 18.1 Å². The van der Waals surface area contributed by atoms with Crippen molar-refractivity contribution in [2.24, 2.45) is 5.10 Å². The van der Waals surface area contributed by atoms with Crippen LogP contribution in [0.15, 0.2) is 41.5 Å². The van der Waals surface area contributed by atoms with E-state index in [1.54, 1.807) is 32.4 Å². The minimum atomic E-state index is -0.480. The largest absolute Gasteiger partial charge is 0.496 e. The SMILES string of the molecule is CCOC(=O)COc1c(Cl)cc(/C=N\NCc2ccccc2OC)cc1OC. The first-order chi connectivity index (χ1) is 13.6. The fourth-order valence-electron chi connectivity index (χ4n) is 2.39. The van der Waals surface area contributed by atoms with Crippen molar-refractivity contribution in [3.05, 3.63) is 52.5 Å². The van der Waals surface area contributed by atoms with Crippen molar-refractivity contribution in [3.63, 3.8) is 0 Å². The van der Waals surface area contributed by atoms with Gasteiger partial charge in [-0.1, -0.05) is 29.8 Å². The van der Waals surface area contributed by atoms with Crippen LogP contribution < -0.4 is 19.6 Å². The molecule has 1 N–H and O–H groups in total. The molecule has 0 spiro atoms. The smallest absolute Gasteiger partial charge is 0.344 e. The van der Waals surface area contributed by atoms with E-state index < -0.39 is 5.97 Å². The highest BCUT2D eigenvalue weighted by Gasteiger charge is 2.14. The number of carbonyl (C=O) groups is 1. The Morgan fingerprint density at radius 1 is 1.18 bits per heavy atom. The zero-order chi connectivity index (χ0) is 20.4. The summed E-state index contributed by atoms with van der Waals surface area (Å²) in [5, 5.41) is 4.50. The molecule has 0 fully saturated rings. The fourth-order valence-corrected chi connectivity index (χ4v) is 2.66. The Morgan fingerprint density at radius 2 is 1.93 bits per heavy atom. The maximum absolute atomic E-state index is 11.5. The van der Waals surface area contributed by atoms with E-state index in [1.165, 1.54) is 7.11 Å². The van der Waals surface area contributed by atoms with Crippen molar-refractivity contribution in [3.8, 4) is 17.2 Å². The molecule has 0 aliphatic carbocycles. The molecule has 150 valence electrons. The number of nitrogens with zero attached hydrogens (tertiary/aromatic N) is 1. The quantitative estimate of drug-likeness (QED) is 0.370. The summed E-state index contributed by atoms with van der Waals surface area (Å²) in [7, 11) is 3.12. The van der Waals surface area contributed by atoms with Gasteiger partial charge in [-0.15, -0.1) is 0 Å². The van der Waals surface area contributed by atoms with E-state index in [2.05, 4.69) is 10.5 Å². The van der Waals surface area contributed by atoms with Crippen molar-refractivity contribution in [2.75, 3.05) is 27.4 Å².